The molecule has 0 spiro atoms. The summed E-state index contributed by atoms with van der Waals surface area (Å²) in [5.74, 6) is -1.96. The summed E-state index contributed by atoms with van der Waals surface area (Å²) in [4.78, 5) is 49.2. The lowest BCUT2D eigenvalue weighted by atomic mass is 9.98. The molecule has 19 heteroatoms. The van der Waals surface area contributed by atoms with Gasteiger partial charge >= 0.3 is 25.7 Å². The highest BCUT2D eigenvalue weighted by atomic mass is 31.2. The second kappa shape index (κ2) is 14.1. The summed E-state index contributed by atoms with van der Waals surface area (Å²) in [5.41, 5.74) is 1.98. The van der Waals surface area contributed by atoms with Crippen LogP contribution in [0.25, 0.3) is 11.2 Å². The van der Waals surface area contributed by atoms with Crippen molar-refractivity contribution in [2.24, 2.45) is 10.8 Å². The molecule has 0 aliphatic carbocycles. The van der Waals surface area contributed by atoms with Gasteiger partial charge in [0.15, 0.2) is 35.0 Å². The van der Waals surface area contributed by atoms with Gasteiger partial charge in [-0.05, 0) is 48.5 Å². The molecule has 0 amide bonds. The van der Waals surface area contributed by atoms with E-state index in [1.165, 1.54) is 17.8 Å². The van der Waals surface area contributed by atoms with E-state index in [1.54, 1.807) is 48.6 Å². The Hall–Kier alpha value is -3.44. The molecule has 0 unspecified atom stereocenters. The van der Waals surface area contributed by atoms with Crippen LogP contribution in [0.5, 0.6) is 0 Å². The topological polar surface area (TPSA) is 215 Å². The molecule has 0 aromatic carbocycles. The minimum atomic E-state index is -4.70. The number of ether oxygens (including phenoxy) is 4. The molecule has 2 aromatic rings. The molecule has 46 heavy (non-hydrogen) atoms. The highest BCUT2D eigenvalue weighted by molar-refractivity contribution is 7.48. The smallest absolute Gasteiger partial charge is 0.456 e. The summed E-state index contributed by atoms with van der Waals surface area (Å²) < 4.78 is 68.8. The zero-order valence-corrected chi connectivity index (χ0v) is 28.2. The standard InChI is InChI=1S/C27H42FN6O11P/c1-10-16(35)45-18-15(44-21(27(18,8)28)34-12-31-17-19(30-9)32-24(29)33-20(17)34)11-41-46(38,42-13-39-22(36)25(2,3)4)43-14-40-23(37)26(5,6)7/h12,15,18,21H,10-11,13-14H2,1-9H3,(H3,29,30,32,33)/t15-,18-,21-,27-/m1/s1. The fraction of sp³-hybridized carbons (Fsp3) is 0.704. The Morgan fingerprint density at radius 3 is 2.13 bits per heavy atom. The molecule has 0 saturated carbocycles. The van der Waals surface area contributed by atoms with Gasteiger partial charge in [0, 0.05) is 13.5 Å². The molecule has 3 rings (SSSR count). The van der Waals surface area contributed by atoms with Crippen LogP contribution in [0.3, 0.4) is 0 Å². The first-order chi connectivity index (χ1) is 21.2. The van der Waals surface area contributed by atoms with Crippen LogP contribution in [-0.4, -0.2) is 82.5 Å². The molecular weight excluding hydrogens is 634 g/mol. The van der Waals surface area contributed by atoms with E-state index in [4.69, 9.17) is 38.3 Å². The summed E-state index contributed by atoms with van der Waals surface area (Å²) in [7, 11) is -3.10. The third-order valence-electron chi connectivity index (χ3n) is 6.58. The van der Waals surface area contributed by atoms with E-state index in [2.05, 4.69) is 20.3 Å². The van der Waals surface area contributed by atoms with Gasteiger partial charge in [0.2, 0.25) is 19.5 Å². The predicted molar refractivity (Wildman–Crippen MR) is 159 cm³/mol. The van der Waals surface area contributed by atoms with Crippen LogP contribution in [0, 0.1) is 10.8 Å². The number of esters is 3. The summed E-state index contributed by atoms with van der Waals surface area (Å²) in [6.07, 6.45) is -3.32. The number of carbonyl (C=O) groups excluding carboxylic acids is 3. The molecule has 1 saturated heterocycles. The zero-order valence-electron chi connectivity index (χ0n) is 27.3. The lowest BCUT2D eigenvalue weighted by Crippen LogP contribution is -2.44. The van der Waals surface area contributed by atoms with E-state index < -0.39 is 80.9 Å². The fourth-order valence-corrected chi connectivity index (χ4v) is 4.95. The van der Waals surface area contributed by atoms with Crippen LogP contribution in [0.2, 0.25) is 0 Å². The maximum absolute atomic E-state index is 16.6. The molecular formula is C27H42FN6O11P. The van der Waals surface area contributed by atoms with Gasteiger partial charge in [0.25, 0.3) is 0 Å². The SMILES string of the molecule is CCC(=O)O[C@@H]1[C@@H](COP(=O)(OCOC(=O)C(C)(C)C)OCOC(=O)C(C)(C)C)O[C@@H](n2cnc3c(NC)nc(N)nc32)[C@]1(C)F. The molecule has 3 heterocycles. The second-order valence-corrected chi connectivity index (χ2v) is 14.2. The van der Waals surface area contributed by atoms with Gasteiger partial charge in [-0.1, -0.05) is 6.92 Å². The average Bonchev–Trinajstić information content (AvgIpc) is 3.47. The number of halogens is 1. The number of hydrogen-bond donors (Lipinski definition) is 2. The Kier molecular flexibility index (Phi) is 11.4. The largest absolute Gasteiger partial charge is 0.480 e. The van der Waals surface area contributed by atoms with E-state index in [0.717, 1.165) is 6.92 Å². The maximum atomic E-state index is 16.6. The number of anilines is 2. The van der Waals surface area contributed by atoms with Gasteiger partial charge in [-0.3, -0.25) is 23.5 Å². The second-order valence-electron chi connectivity index (χ2n) is 12.5. The third kappa shape index (κ3) is 8.67. The molecule has 2 aromatic heterocycles. The van der Waals surface area contributed by atoms with Crippen LogP contribution in [-0.2, 0) is 51.5 Å². The first-order valence-electron chi connectivity index (χ1n) is 14.3. The molecule has 258 valence electrons. The van der Waals surface area contributed by atoms with Gasteiger partial charge in [-0.2, -0.15) is 9.97 Å². The molecule has 0 radical (unpaired) electrons. The van der Waals surface area contributed by atoms with Crippen LogP contribution < -0.4 is 11.1 Å². The van der Waals surface area contributed by atoms with E-state index in [-0.39, 0.29) is 29.4 Å². The van der Waals surface area contributed by atoms with Crippen molar-refractivity contribution >= 4 is 48.7 Å². The fourth-order valence-electron chi connectivity index (χ4n) is 4.03. The van der Waals surface area contributed by atoms with Crippen molar-refractivity contribution in [3.63, 3.8) is 0 Å². The van der Waals surface area contributed by atoms with Gasteiger partial charge < -0.3 is 30.0 Å². The monoisotopic (exact) mass is 676 g/mol. The number of alkyl halides is 1. The normalized spacial score (nSPS) is 22.1. The molecule has 17 nitrogen and oxygen atoms in total. The van der Waals surface area contributed by atoms with E-state index in [1.807, 2.05) is 0 Å². The van der Waals surface area contributed by atoms with Crippen molar-refractivity contribution < 1.29 is 55.9 Å². The lowest BCUT2D eigenvalue weighted by molar-refractivity contribution is -0.163. The van der Waals surface area contributed by atoms with Crippen molar-refractivity contribution in [3.05, 3.63) is 6.33 Å². The quantitative estimate of drug-likeness (QED) is 0.134. The Bertz CT molecular complexity index is 1440. The number of rotatable bonds is 13. The first kappa shape index (κ1) is 37.0. The number of phosphoric acid groups is 1. The number of nitrogens with one attached hydrogen (secondary N) is 1. The summed E-state index contributed by atoms with van der Waals surface area (Å²) in [6.45, 7) is 9.78. The van der Waals surface area contributed by atoms with Crippen LogP contribution >= 0.6 is 7.82 Å². The number of phosphoric ester groups is 1. The van der Waals surface area contributed by atoms with E-state index in [9.17, 15) is 18.9 Å². The number of nitrogen functional groups attached to an aromatic ring is 1. The predicted octanol–water partition coefficient (Wildman–Crippen LogP) is 3.65. The number of nitrogens with two attached hydrogens (primary N) is 1. The van der Waals surface area contributed by atoms with Gasteiger partial charge in [0.05, 0.1) is 23.8 Å². The number of fused-ring (bicyclic) bond motifs is 1. The van der Waals surface area contributed by atoms with Crippen molar-refractivity contribution in [2.45, 2.75) is 85.9 Å². The Labute approximate surface area is 265 Å². The Morgan fingerprint density at radius 1 is 1.07 bits per heavy atom. The summed E-state index contributed by atoms with van der Waals surface area (Å²) in [5, 5.41) is 2.83. The van der Waals surface area contributed by atoms with Gasteiger partial charge in [-0.25, -0.2) is 23.0 Å². The van der Waals surface area contributed by atoms with Gasteiger partial charge in [-0.15, -0.1) is 0 Å². The molecule has 3 N–H and O–H groups in total. The van der Waals surface area contributed by atoms with Crippen molar-refractivity contribution in [1.82, 2.24) is 19.5 Å². The zero-order chi connectivity index (χ0) is 34.7. The lowest BCUT2D eigenvalue weighted by Gasteiger charge is -2.28. The van der Waals surface area contributed by atoms with E-state index in [0.29, 0.717) is 0 Å². The minimum Gasteiger partial charge on any atom is -0.456 e. The number of carbonyl (C=O) groups is 3. The highest BCUT2D eigenvalue weighted by Crippen LogP contribution is 2.52. The third-order valence-corrected chi connectivity index (χ3v) is 7.89. The highest BCUT2D eigenvalue weighted by Gasteiger charge is 2.58. The van der Waals surface area contributed by atoms with Crippen molar-refractivity contribution in [1.29, 1.82) is 0 Å². The van der Waals surface area contributed by atoms with Crippen molar-refractivity contribution in [2.75, 3.05) is 38.3 Å². The molecule has 1 fully saturated rings. The maximum Gasteiger partial charge on any atom is 0.480 e. The minimum absolute atomic E-state index is 0.0862. The summed E-state index contributed by atoms with van der Waals surface area (Å²) >= 11 is 0. The van der Waals surface area contributed by atoms with Crippen molar-refractivity contribution in [3.8, 4) is 0 Å². The number of imidazole rings is 1. The molecule has 0 bridgehead atoms. The van der Waals surface area contributed by atoms with Gasteiger partial charge in [0.1, 0.15) is 6.10 Å². The van der Waals surface area contributed by atoms with Crippen LogP contribution in [0.1, 0.15) is 68.0 Å². The number of aromatic nitrogens is 4. The molecule has 4 atom stereocenters. The average molecular weight is 677 g/mol. The first-order valence-corrected chi connectivity index (χ1v) is 15.8. The number of nitrogens with zero attached hydrogens (tertiary/aromatic N) is 4. The Balaban J connectivity index is 1.89. The molecule has 1 aliphatic heterocycles. The Morgan fingerprint density at radius 2 is 1.63 bits per heavy atom. The van der Waals surface area contributed by atoms with Crippen LogP contribution in [0.15, 0.2) is 6.33 Å². The number of hydrogen-bond acceptors (Lipinski definition) is 16. The van der Waals surface area contributed by atoms with E-state index >= 15 is 4.39 Å². The van der Waals surface area contributed by atoms with Crippen LogP contribution in [0.4, 0.5) is 16.2 Å². The molecule has 1 aliphatic rings. The summed E-state index contributed by atoms with van der Waals surface area (Å²) in [6, 6.07) is 0.